The number of anilines is 2. The Morgan fingerprint density at radius 2 is 2.09 bits per heavy atom. The zero-order chi connectivity index (χ0) is 24.2. The summed E-state index contributed by atoms with van der Waals surface area (Å²) in [7, 11) is 3.18. The summed E-state index contributed by atoms with van der Waals surface area (Å²) < 4.78 is 10.2. The van der Waals surface area contributed by atoms with Crippen LogP contribution in [-0.2, 0) is 22.4 Å². The summed E-state index contributed by atoms with van der Waals surface area (Å²) in [6, 6.07) is 3.57. The number of methoxy groups -OCH3 is 2. The first-order valence-electron chi connectivity index (χ1n) is 11.9. The van der Waals surface area contributed by atoms with E-state index in [0.717, 1.165) is 63.3 Å². The molecule has 3 heterocycles. The molecule has 0 fully saturated rings. The van der Waals surface area contributed by atoms with Crippen molar-refractivity contribution in [3.05, 3.63) is 35.8 Å². The molecule has 2 aromatic heterocycles. The van der Waals surface area contributed by atoms with E-state index in [0.29, 0.717) is 31.3 Å². The van der Waals surface area contributed by atoms with Crippen molar-refractivity contribution in [1.82, 2.24) is 19.9 Å². The Hall–Kier alpha value is -2.98. The molecule has 0 amide bonds. The summed E-state index contributed by atoms with van der Waals surface area (Å²) >= 11 is 0. The van der Waals surface area contributed by atoms with Crippen LogP contribution in [0.3, 0.4) is 0 Å². The van der Waals surface area contributed by atoms with Gasteiger partial charge in [-0.15, -0.1) is 0 Å². The molecule has 0 saturated carbocycles. The Kier molecular flexibility index (Phi) is 10.3. The predicted octanol–water partition coefficient (Wildman–Crippen LogP) is 2.46. The maximum absolute atomic E-state index is 11.8. The Balaban J connectivity index is 1.46. The SMILES string of the molecule is COCCN(CCCCc1ccc2c(n1)NCCC2)CC[C@H](Nc1cnc(OC)cn1)C(=O)O. The van der Waals surface area contributed by atoms with Crippen LogP contribution in [0, 0.1) is 0 Å². The van der Waals surface area contributed by atoms with Crippen molar-refractivity contribution in [2.75, 3.05) is 57.6 Å². The van der Waals surface area contributed by atoms with Gasteiger partial charge in [0.1, 0.15) is 17.7 Å². The Morgan fingerprint density at radius 1 is 1.21 bits per heavy atom. The van der Waals surface area contributed by atoms with E-state index in [2.05, 4.69) is 37.6 Å². The highest BCUT2D eigenvalue weighted by atomic mass is 16.5. The summed E-state index contributed by atoms with van der Waals surface area (Å²) in [5.74, 6) is 0.907. The van der Waals surface area contributed by atoms with Crippen LogP contribution >= 0.6 is 0 Å². The number of carboxylic acid groups (broad SMARTS) is 1. The number of carboxylic acids is 1. The smallest absolute Gasteiger partial charge is 0.326 e. The summed E-state index contributed by atoms with van der Waals surface area (Å²) in [4.78, 5) is 27.0. The number of aryl methyl sites for hydroxylation is 2. The molecule has 10 heteroatoms. The van der Waals surface area contributed by atoms with Crippen molar-refractivity contribution in [2.45, 2.75) is 44.6 Å². The van der Waals surface area contributed by atoms with Crippen LogP contribution in [0.2, 0.25) is 0 Å². The van der Waals surface area contributed by atoms with E-state index in [1.165, 1.54) is 25.1 Å². The number of unbranched alkanes of at least 4 members (excludes halogenated alkanes) is 1. The normalized spacial score (nSPS) is 13.7. The maximum Gasteiger partial charge on any atom is 0.326 e. The minimum absolute atomic E-state index is 0.380. The molecular weight excluding hydrogens is 436 g/mol. The number of nitrogens with zero attached hydrogens (tertiary/aromatic N) is 4. The van der Waals surface area contributed by atoms with Crippen molar-refractivity contribution < 1.29 is 19.4 Å². The molecule has 1 atom stereocenters. The Morgan fingerprint density at radius 3 is 2.82 bits per heavy atom. The van der Waals surface area contributed by atoms with E-state index in [-0.39, 0.29) is 0 Å². The average Bonchev–Trinajstić information content (AvgIpc) is 2.86. The lowest BCUT2D eigenvalue weighted by Crippen LogP contribution is -2.36. The van der Waals surface area contributed by atoms with E-state index in [4.69, 9.17) is 14.5 Å². The summed E-state index contributed by atoms with van der Waals surface area (Å²) in [6.07, 6.45) is 8.59. The fraction of sp³-hybridized carbons (Fsp3) is 0.583. The summed E-state index contributed by atoms with van der Waals surface area (Å²) in [5, 5.41) is 16.0. The van der Waals surface area contributed by atoms with Crippen LogP contribution in [0.5, 0.6) is 5.88 Å². The first kappa shape index (κ1) is 25.6. The van der Waals surface area contributed by atoms with Gasteiger partial charge in [0.05, 0.1) is 26.1 Å². The first-order chi connectivity index (χ1) is 16.6. The second kappa shape index (κ2) is 13.7. The van der Waals surface area contributed by atoms with Crippen LogP contribution in [0.1, 0.15) is 36.9 Å². The maximum atomic E-state index is 11.8. The third-order valence-corrected chi connectivity index (χ3v) is 5.91. The van der Waals surface area contributed by atoms with Gasteiger partial charge in [-0.2, -0.15) is 0 Å². The molecule has 3 N–H and O–H groups in total. The fourth-order valence-electron chi connectivity index (χ4n) is 3.95. The number of aromatic nitrogens is 3. The molecule has 3 rings (SSSR count). The van der Waals surface area contributed by atoms with Crippen LogP contribution < -0.4 is 15.4 Å². The number of ether oxygens (including phenoxy) is 2. The van der Waals surface area contributed by atoms with E-state index in [1.54, 1.807) is 7.11 Å². The molecule has 0 radical (unpaired) electrons. The molecule has 10 nitrogen and oxygen atoms in total. The summed E-state index contributed by atoms with van der Waals surface area (Å²) in [5.41, 5.74) is 2.43. The van der Waals surface area contributed by atoms with E-state index >= 15 is 0 Å². The third kappa shape index (κ3) is 8.11. The molecule has 0 unspecified atom stereocenters. The number of hydrogen-bond donors (Lipinski definition) is 3. The second-order valence-electron chi connectivity index (χ2n) is 8.40. The summed E-state index contributed by atoms with van der Waals surface area (Å²) in [6.45, 7) is 3.87. The molecule has 0 aliphatic carbocycles. The first-order valence-corrected chi connectivity index (χ1v) is 11.9. The van der Waals surface area contributed by atoms with Gasteiger partial charge in [-0.3, -0.25) is 0 Å². The lowest BCUT2D eigenvalue weighted by molar-refractivity contribution is -0.138. The largest absolute Gasteiger partial charge is 0.480 e. The number of aliphatic carboxylic acids is 1. The number of carbonyl (C=O) groups is 1. The van der Waals surface area contributed by atoms with Crippen LogP contribution in [-0.4, -0.2) is 84.0 Å². The van der Waals surface area contributed by atoms with Gasteiger partial charge in [0, 0.05) is 32.4 Å². The lowest BCUT2D eigenvalue weighted by Gasteiger charge is -2.24. The lowest BCUT2D eigenvalue weighted by atomic mass is 10.1. The molecular formula is C24H36N6O4. The Labute approximate surface area is 201 Å². The van der Waals surface area contributed by atoms with Crippen molar-refractivity contribution in [3.8, 4) is 5.88 Å². The van der Waals surface area contributed by atoms with Gasteiger partial charge in [-0.25, -0.2) is 19.7 Å². The number of fused-ring (bicyclic) bond motifs is 1. The number of rotatable bonds is 15. The average molecular weight is 473 g/mol. The molecule has 1 aliphatic heterocycles. The third-order valence-electron chi connectivity index (χ3n) is 5.91. The highest BCUT2D eigenvalue weighted by Gasteiger charge is 2.19. The van der Waals surface area contributed by atoms with E-state index in [9.17, 15) is 9.90 Å². The van der Waals surface area contributed by atoms with Crippen molar-refractivity contribution in [2.24, 2.45) is 0 Å². The minimum Gasteiger partial charge on any atom is -0.480 e. The Bertz CT molecular complexity index is 896. The van der Waals surface area contributed by atoms with E-state index < -0.39 is 12.0 Å². The van der Waals surface area contributed by atoms with Gasteiger partial charge in [0.25, 0.3) is 0 Å². The second-order valence-corrected chi connectivity index (χ2v) is 8.40. The number of hydrogen-bond acceptors (Lipinski definition) is 9. The standard InChI is InChI=1S/C24H36N6O4/c1-33-15-14-30(12-4-3-7-19-9-8-18-6-5-11-25-23(18)28-19)13-10-20(24(31)32)29-21-16-27-22(34-2)17-26-21/h8-9,16-17,20H,3-7,10-15H2,1-2H3,(H,25,28)(H,26,29)(H,31,32)/t20-/m0/s1. The molecule has 186 valence electrons. The van der Waals surface area contributed by atoms with Gasteiger partial charge < -0.3 is 30.1 Å². The fourth-order valence-corrected chi connectivity index (χ4v) is 3.95. The topological polar surface area (TPSA) is 122 Å². The molecule has 34 heavy (non-hydrogen) atoms. The predicted molar refractivity (Wildman–Crippen MR) is 131 cm³/mol. The monoisotopic (exact) mass is 472 g/mol. The van der Waals surface area contributed by atoms with Crippen molar-refractivity contribution >= 4 is 17.6 Å². The molecule has 0 bridgehead atoms. The quantitative estimate of drug-likeness (QED) is 0.333. The van der Waals surface area contributed by atoms with Gasteiger partial charge in [-0.1, -0.05) is 6.07 Å². The zero-order valence-electron chi connectivity index (χ0n) is 20.1. The van der Waals surface area contributed by atoms with Gasteiger partial charge >= 0.3 is 5.97 Å². The molecule has 0 aromatic carbocycles. The molecule has 0 saturated heterocycles. The molecule has 0 spiro atoms. The number of nitrogens with one attached hydrogen (secondary N) is 2. The van der Waals surface area contributed by atoms with Crippen molar-refractivity contribution in [3.63, 3.8) is 0 Å². The highest BCUT2D eigenvalue weighted by Crippen LogP contribution is 2.20. The van der Waals surface area contributed by atoms with E-state index in [1.807, 2.05) is 0 Å². The van der Waals surface area contributed by atoms with Gasteiger partial charge in [0.15, 0.2) is 0 Å². The van der Waals surface area contributed by atoms with Crippen LogP contribution in [0.4, 0.5) is 11.6 Å². The zero-order valence-corrected chi connectivity index (χ0v) is 20.1. The molecule has 2 aromatic rings. The van der Waals surface area contributed by atoms with Crippen LogP contribution in [0.25, 0.3) is 0 Å². The minimum atomic E-state index is -0.920. The van der Waals surface area contributed by atoms with Gasteiger partial charge in [0.2, 0.25) is 5.88 Å². The van der Waals surface area contributed by atoms with Gasteiger partial charge in [-0.05, 0) is 56.7 Å². The number of pyridine rings is 1. The van der Waals surface area contributed by atoms with Crippen LogP contribution in [0.15, 0.2) is 24.5 Å². The molecule has 1 aliphatic rings. The van der Waals surface area contributed by atoms with Crippen molar-refractivity contribution in [1.29, 1.82) is 0 Å². The highest BCUT2D eigenvalue weighted by molar-refractivity contribution is 5.76.